The number of carbonyl (C=O) groups is 2. The smallest absolute Gasteiger partial charge is 0.331 e. The summed E-state index contributed by atoms with van der Waals surface area (Å²) in [6, 6.07) is 19.6. The van der Waals surface area contributed by atoms with Crippen LogP contribution in [0.1, 0.15) is 17.5 Å². The zero-order valence-corrected chi connectivity index (χ0v) is 17.1. The highest BCUT2D eigenvalue weighted by Gasteiger charge is 2.11. The molecule has 1 heterocycles. The number of nitriles is 1. The maximum atomic E-state index is 12.1. The van der Waals surface area contributed by atoms with Gasteiger partial charge in [-0.05, 0) is 25.1 Å². The van der Waals surface area contributed by atoms with Crippen molar-refractivity contribution in [3.8, 4) is 23.0 Å². The van der Waals surface area contributed by atoms with Crippen LogP contribution < -0.4 is 5.32 Å². The van der Waals surface area contributed by atoms with Crippen LogP contribution in [0.15, 0.2) is 66.9 Å². The molecule has 0 aliphatic rings. The number of ether oxygens (including phenoxy) is 1. The molecule has 0 aliphatic carbocycles. The van der Waals surface area contributed by atoms with Gasteiger partial charge in [0.2, 0.25) is 0 Å². The molecular weight excluding hydrogens is 392 g/mol. The zero-order valence-electron chi connectivity index (χ0n) is 17.1. The molecule has 0 unspecified atom stereocenters. The van der Waals surface area contributed by atoms with E-state index >= 15 is 0 Å². The molecule has 0 saturated carbocycles. The Morgan fingerprint density at radius 3 is 2.61 bits per heavy atom. The molecule has 0 atom stereocenters. The molecule has 0 bridgehead atoms. The van der Waals surface area contributed by atoms with Crippen LogP contribution in [0, 0.1) is 18.3 Å². The lowest BCUT2D eigenvalue weighted by Crippen LogP contribution is -2.29. The molecule has 7 heteroatoms. The minimum atomic E-state index is -0.641. The Morgan fingerprint density at radius 1 is 1.16 bits per heavy atom. The van der Waals surface area contributed by atoms with E-state index in [9.17, 15) is 9.59 Å². The fourth-order valence-corrected chi connectivity index (χ4v) is 2.81. The van der Waals surface area contributed by atoms with Crippen molar-refractivity contribution in [3.63, 3.8) is 0 Å². The Morgan fingerprint density at radius 2 is 1.90 bits per heavy atom. The molecule has 156 valence electrons. The van der Waals surface area contributed by atoms with Crippen molar-refractivity contribution in [2.75, 3.05) is 13.2 Å². The van der Waals surface area contributed by atoms with Crippen LogP contribution in [0.3, 0.4) is 0 Å². The summed E-state index contributed by atoms with van der Waals surface area (Å²) in [5.41, 5.74) is 4.42. The molecule has 0 spiro atoms. The Labute approximate surface area is 180 Å². The molecule has 1 amide bonds. The Kier molecular flexibility index (Phi) is 7.33. The Bertz CT molecular complexity index is 1110. The van der Waals surface area contributed by atoms with Gasteiger partial charge in [0.25, 0.3) is 5.91 Å². The summed E-state index contributed by atoms with van der Waals surface area (Å²) < 4.78 is 6.71. The monoisotopic (exact) mass is 414 g/mol. The number of carbonyl (C=O) groups excluding carboxylic acids is 2. The fraction of sp³-hybridized carbons (Fsp3) is 0.167. The van der Waals surface area contributed by atoms with Gasteiger partial charge in [0.15, 0.2) is 6.61 Å². The number of nitrogens with zero attached hydrogens (tertiary/aromatic N) is 3. The average Bonchev–Trinajstić information content (AvgIpc) is 3.22. The maximum absolute atomic E-state index is 12.1. The van der Waals surface area contributed by atoms with Gasteiger partial charge in [-0.3, -0.25) is 4.79 Å². The van der Waals surface area contributed by atoms with E-state index in [1.807, 2.05) is 73.8 Å². The van der Waals surface area contributed by atoms with E-state index in [1.54, 1.807) is 10.8 Å². The first-order valence-electron chi connectivity index (χ1n) is 9.77. The highest BCUT2D eigenvalue weighted by Crippen LogP contribution is 2.25. The van der Waals surface area contributed by atoms with Crippen LogP contribution in [0.4, 0.5) is 0 Å². The minimum Gasteiger partial charge on any atom is -0.452 e. The standard InChI is InChI=1S/C24H22N4O3/c1-18-8-10-19(11-9-18)24-20(16-28(27-24)21-6-3-2-4-7-21)12-13-23(30)31-17-22(29)26-15-5-14-25/h2-4,6-13,16H,5,15,17H2,1H3,(H,26,29)/b13-12+. The van der Waals surface area contributed by atoms with Gasteiger partial charge in [-0.1, -0.05) is 48.0 Å². The number of amides is 1. The average molecular weight is 414 g/mol. The molecule has 0 saturated heterocycles. The molecule has 31 heavy (non-hydrogen) atoms. The highest BCUT2D eigenvalue weighted by molar-refractivity contribution is 5.90. The van der Waals surface area contributed by atoms with Crippen molar-refractivity contribution in [1.29, 1.82) is 5.26 Å². The molecule has 0 fully saturated rings. The van der Waals surface area contributed by atoms with E-state index < -0.39 is 18.5 Å². The van der Waals surface area contributed by atoms with Crippen LogP contribution in [0.5, 0.6) is 0 Å². The van der Waals surface area contributed by atoms with Crippen molar-refractivity contribution < 1.29 is 14.3 Å². The number of aryl methyl sites for hydroxylation is 1. The number of rotatable bonds is 8. The summed E-state index contributed by atoms with van der Waals surface area (Å²) in [6.45, 7) is 1.84. The normalized spacial score (nSPS) is 10.6. The number of nitrogens with one attached hydrogen (secondary N) is 1. The van der Waals surface area contributed by atoms with Gasteiger partial charge in [0.05, 0.1) is 23.9 Å². The number of esters is 1. The maximum Gasteiger partial charge on any atom is 0.331 e. The first kappa shape index (κ1) is 21.5. The van der Waals surface area contributed by atoms with Crippen LogP contribution in [-0.2, 0) is 14.3 Å². The Hall–Kier alpha value is -4.18. The van der Waals surface area contributed by atoms with Gasteiger partial charge < -0.3 is 10.1 Å². The van der Waals surface area contributed by atoms with E-state index in [-0.39, 0.29) is 13.0 Å². The number of hydrogen-bond donors (Lipinski definition) is 1. The lowest BCUT2D eigenvalue weighted by Gasteiger charge is -2.03. The topological polar surface area (TPSA) is 97.0 Å². The quantitative estimate of drug-likeness (QED) is 0.346. The molecule has 2 aromatic carbocycles. The lowest BCUT2D eigenvalue weighted by molar-refractivity contribution is -0.143. The van der Waals surface area contributed by atoms with E-state index in [0.29, 0.717) is 0 Å². The molecule has 7 nitrogen and oxygen atoms in total. The largest absolute Gasteiger partial charge is 0.452 e. The summed E-state index contributed by atoms with van der Waals surface area (Å²) in [5.74, 6) is -1.09. The third-order valence-corrected chi connectivity index (χ3v) is 4.39. The second-order valence-corrected chi connectivity index (χ2v) is 6.78. The van der Waals surface area contributed by atoms with Crippen molar-refractivity contribution >= 4 is 18.0 Å². The van der Waals surface area contributed by atoms with E-state index in [2.05, 4.69) is 5.32 Å². The second-order valence-electron chi connectivity index (χ2n) is 6.78. The number of benzene rings is 2. The van der Waals surface area contributed by atoms with E-state index in [4.69, 9.17) is 15.1 Å². The van der Waals surface area contributed by atoms with Gasteiger partial charge in [0.1, 0.15) is 0 Å². The van der Waals surface area contributed by atoms with Gasteiger partial charge in [-0.2, -0.15) is 10.4 Å². The first-order chi connectivity index (χ1) is 15.1. The van der Waals surface area contributed by atoms with Crippen LogP contribution >= 0.6 is 0 Å². The van der Waals surface area contributed by atoms with Gasteiger partial charge in [0, 0.05) is 29.9 Å². The van der Waals surface area contributed by atoms with Crippen molar-refractivity contribution in [2.24, 2.45) is 0 Å². The van der Waals surface area contributed by atoms with Crippen LogP contribution in [-0.4, -0.2) is 34.8 Å². The summed E-state index contributed by atoms with van der Waals surface area (Å²) in [7, 11) is 0. The van der Waals surface area contributed by atoms with Gasteiger partial charge in [-0.25, -0.2) is 9.48 Å². The van der Waals surface area contributed by atoms with E-state index in [1.165, 1.54) is 6.08 Å². The predicted octanol–water partition coefficient (Wildman–Crippen LogP) is 3.43. The molecule has 0 radical (unpaired) electrons. The second kappa shape index (κ2) is 10.6. The van der Waals surface area contributed by atoms with Crippen molar-refractivity contribution in [1.82, 2.24) is 15.1 Å². The van der Waals surface area contributed by atoms with Crippen molar-refractivity contribution in [3.05, 3.63) is 78.0 Å². The van der Waals surface area contributed by atoms with Gasteiger partial charge >= 0.3 is 5.97 Å². The molecule has 3 rings (SSSR count). The summed E-state index contributed by atoms with van der Waals surface area (Å²) in [6.07, 6.45) is 4.93. The molecule has 1 aromatic heterocycles. The number of para-hydroxylation sites is 1. The fourth-order valence-electron chi connectivity index (χ4n) is 2.81. The molecule has 1 N–H and O–H groups in total. The highest BCUT2D eigenvalue weighted by atomic mass is 16.5. The predicted molar refractivity (Wildman–Crippen MR) is 117 cm³/mol. The number of aromatic nitrogens is 2. The summed E-state index contributed by atoms with van der Waals surface area (Å²) in [5, 5.41) is 15.7. The van der Waals surface area contributed by atoms with Crippen LogP contribution in [0.25, 0.3) is 23.0 Å². The molecule has 3 aromatic rings. The SMILES string of the molecule is Cc1ccc(-c2nn(-c3ccccc3)cc2/C=C/C(=O)OCC(=O)NCCC#N)cc1. The minimum absolute atomic E-state index is 0.201. The summed E-state index contributed by atoms with van der Waals surface area (Å²) >= 11 is 0. The molecule has 0 aliphatic heterocycles. The van der Waals surface area contributed by atoms with Gasteiger partial charge in [-0.15, -0.1) is 0 Å². The van der Waals surface area contributed by atoms with Crippen molar-refractivity contribution in [2.45, 2.75) is 13.3 Å². The van der Waals surface area contributed by atoms with Crippen LogP contribution in [0.2, 0.25) is 0 Å². The van der Waals surface area contributed by atoms with E-state index in [0.717, 1.165) is 28.1 Å². The first-order valence-corrected chi connectivity index (χ1v) is 9.77. The molecular formula is C24H22N4O3. The third kappa shape index (κ3) is 6.15. The Balaban J connectivity index is 1.76. The zero-order chi connectivity index (χ0) is 22.1. The third-order valence-electron chi connectivity index (χ3n) is 4.39. The summed E-state index contributed by atoms with van der Waals surface area (Å²) in [4.78, 5) is 23.6. The lowest BCUT2D eigenvalue weighted by atomic mass is 10.1. The number of hydrogen-bond acceptors (Lipinski definition) is 5.